The van der Waals surface area contributed by atoms with E-state index in [1.165, 1.54) is 6.07 Å². The molecule has 7 nitrogen and oxygen atoms in total. The first-order chi connectivity index (χ1) is 15.9. The second kappa shape index (κ2) is 8.39. The summed E-state index contributed by atoms with van der Waals surface area (Å²) in [4.78, 5) is 49.9. The fourth-order valence-electron chi connectivity index (χ4n) is 4.47. The lowest BCUT2D eigenvalue weighted by Gasteiger charge is -2.39. The van der Waals surface area contributed by atoms with E-state index in [9.17, 15) is 36.7 Å². The van der Waals surface area contributed by atoms with E-state index < -0.39 is 59.2 Å². The molecule has 12 heteroatoms. The van der Waals surface area contributed by atoms with E-state index in [4.69, 9.17) is 17.3 Å². The SMILES string of the molecule is NC(=O)c1ccc2c(c1)C([C@@H](c1ccc(Cl)cc1F)C(F)(F)F)N(C1CCC(=O)NC1=O)C2=O. The third kappa shape index (κ3) is 4.00. The Kier molecular flexibility index (Phi) is 5.84. The summed E-state index contributed by atoms with van der Waals surface area (Å²) in [6.07, 6.45) is -5.53. The predicted octanol–water partition coefficient (Wildman–Crippen LogP) is 3.23. The number of hydrogen-bond donors (Lipinski definition) is 2. The van der Waals surface area contributed by atoms with Crippen molar-refractivity contribution < 1.29 is 36.7 Å². The van der Waals surface area contributed by atoms with Crippen molar-refractivity contribution in [3.05, 3.63) is 69.5 Å². The first-order valence-electron chi connectivity index (χ1n) is 10.0. The van der Waals surface area contributed by atoms with E-state index in [2.05, 4.69) is 0 Å². The summed E-state index contributed by atoms with van der Waals surface area (Å²) in [7, 11) is 0. The number of nitrogens with zero attached hydrogens (tertiary/aromatic N) is 1. The smallest absolute Gasteiger partial charge is 0.366 e. The van der Waals surface area contributed by atoms with E-state index >= 15 is 0 Å². The van der Waals surface area contributed by atoms with Crippen LogP contribution in [-0.2, 0) is 9.59 Å². The van der Waals surface area contributed by atoms with Gasteiger partial charge in [-0.2, -0.15) is 13.2 Å². The molecule has 2 aromatic carbocycles. The van der Waals surface area contributed by atoms with Gasteiger partial charge in [0.25, 0.3) is 5.91 Å². The van der Waals surface area contributed by atoms with Gasteiger partial charge < -0.3 is 10.6 Å². The monoisotopic (exact) mass is 497 g/mol. The van der Waals surface area contributed by atoms with Crippen molar-refractivity contribution >= 4 is 35.2 Å². The van der Waals surface area contributed by atoms with Gasteiger partial charge in [0, 0.05) is 28.1 Å². The van der Waals surface area contributed by atoms with Crippen molar-refractivity contribution in [2.75, 3.05) is 0 Å². The van der Waals surface area contributed by atoms with Crippen LogP contribution in [0.5, 0.6) is 0 Å². The Morgan fingerprint density at radius 1 is 1.15 bits per heavy atom. The van der Waals surface area contributed by atoms with Crippen LogP contribution in [0.1, 0.15) is 56.6 Å². The second-order valence-electron chi connectivity index (χ2n) is 7.98. The van der Waals surface area contributed by atoms with Gasteiger partial charge >= 0.3 is 6.18 Å². The molecule has 0 radical (unpaired) electrons. The van der Waals surface area contributed by atoms with Gasteiger partial charge in [0.1, 0.15) is 17.8 Å². The van der Waals surface area contributed by atoms with Gasteiger partial charge in [0.15, 0.2) is 0 Å². The average Bonchev–Trinajstić information content (AvgIpc) is 3.00. The highest BCUT2D eigenvalue weighted by molar-refractivity contribution is 6.30. The van der Waals surface area contributed by atoms with Crippen molar-refractivity contribution in [3.63, 3.8) is 0 Å². The summed E-state index contributed by atoms with van der Waals surface area (Å²) in [6, 6.07) is 2.66. The Morgan fingerprint density at radius 2 is 1.85 bits per heavy atom. The molecule has 0 bridgehead atoms. The lowest BCUT2D eigenvalue weighted by Crippen LogP contribution is -2.54. The number of carbonyl (C=O) groups is 4. The van der Waals surface area contributed by atoms with Crippen molar-refractivity contribution in [2.24, 2.45) is 5.73 Å². The number of amides is 4. The summed E-state index contributed by atoms with van der Waals surface area (Å²) < 4.78 is 58.4. The van der Waals surface area contributed by atoms with Gasteiger partial charge in [0.2, 0.25) is 17.7 Å². The summed E-state index contributed by atoms with van der Waals surface area (Å²) >= 11 is 5.72. The molecular formula is C22H16ClF4N3O4. The van der Waals surface area contributed by atoms with Crippen LogP contribution in [0.15, 0.2) is 36.4 Å². The van der Waals surface area contributed by atoms with Crippen LogP contribution < -0.4 is 11.1 Å². The molecule has 1 fully saturated rings. The largest absolute Gasteiger partial charge is 0.398 e. The molecule has 2 aliphatic rings. The van der Waals surface area contributed by atoms with Crippen LogP contribution in [0.2, 0.25) is 5.02 Å². The van der Waals surface area contributed by atoms with Crippen molar-refractivity contribution in [1.29, 1.82) is 0 Å². The molecule has 3 N–H and O–H groups in total. The number of rotatable bonds is 4. The molecule has 0 spiro atoms. The third-order valence-electron chi connectivity index (χ3n) is 5.93. The Morgan fingerprint density at radius 3 is 2.44 bits per heavy atom. The minimum absolute atomic E-state index is 0.136. The predicted molar refractivity (Wildman–Crippen MR) is 110 cm³/mol. The zero-order chi connectivity index (χ0) is 24.9. The zero-order valence-electron chi connectivity index (χ0n) is 17.2. The Labute approximate surface area is 194 Å². The van der Waals surface area contributed by atoms with Crippen LogP contribution >= 0.6 is 11.6 Å². The lowest BCUT2D eigenvalue weighted by atomic mass is 9.84. The molecule has 3 atom stereocenters. The van der Waals surface area contributed by atoms with E-state index in [1.54, 1.807) is 0 Å². The minimum Gasteiger partial charge on any atom is -0.366 e. The number of nitrogens with one attached hydrogen (secondary N) is 1. The van der Waals surface area contributed by atoms with E-state index in [1.807, 2.05) is 5.32 Å². The molecule has 4 amide bonds. The number of nitrogens with two attached hydrogens (primary N) is 1. The van der Waals surface area contributed by atoms with Crippen molar-refractivity contribution in [3.8, 4) is 0 Å². The van der Waals surface area contributed by atoms with Gasteiger partial charge in [-0.05, 0) is 42.3 Å². The number of hydrogen-bond acceptors (Lipinski definition) is 4. The number of fused-ring (bicyclic) bond motifs is 1. The first-order valence-corrected chi connectivity index (χ1v) is 10.4. The topological polar surface area (TPSA) is 110 Å². The number of carbonyl (C=O) groups excluding carboxylic acids is 4. The Hall–Kier alpha value is -3.47. The van der Waals surface area contributed by atoms with Crippen LogP contribution in [-0.4, -0.2) is 40.7 Å². The van der Waals surface area contributed by atoms with Gasteiger partial charge in [-0.3, -0.25) is 24.5 Å². The molecule has 2 heterocycles. The van der Waals surface area contributed by atoms with E-state index in [0.29, 0.717) is 11.0 Å². The van der Waals surface area contributed by atoms with Crippen LogP contribution in [0, 0.1) is 5.82 Å². The molecule has 0 aromatic heterocycles. The summed E-state index contributed by atoms with van der Waals surface area (Å²) in [5, 5.41) is 1.89. The molecule has 178 valence electrons. The maximum absolute atomic E-state index is 14.8. The maximum atomic E-state index is 14.8. The number of benzene rings is 2. The van der Waals surface area contributed by atoms with Crippen LogP contribution in [0.4, 0.5) is 17.6 Å². The van der Waals surface area contributed by atoms with Gasteiger partial charge in [-0.1, -0.05) is 17.7 Å². The zero-order valence-corrected chi connectivity index (χ0v) is 17.9. The van der Waals surface area contributed by atoms with Crippen LogP contribution in [0.25, 0.3) is 0 Å². The third-order valence-corrected chi connectivity index (χ3v) is 6.17. The van der Waals surface area contributed by atoms with Gasteiger partial charge in [0.05, 0.1) is 6.04 Å². The average molecular weight is 498 g/mol. The molecule has 4 rings (SSSR count). The number of alkyl halides is 3. The molecule has 0 saturated carbocycles. The number of piperidine rings is 1. The molecule has 2 aromatic rings. The van der Waals surface area contributed by atoms with Gasteiger partial charge in [-0.15, -0.1) is 0 Å². The molecule has 2 unspecified atom stereocenters. The quantitative estimate of drug-likeness (QED) is 0.499. The van der Waals surface area contributed by atoms with E-state index in [-0.39, 0.29) is 34.6 Å². The highest BCUT2D eigenvalue weighted by Crippen LogP contribution is 2.52. The Balaban J connectivity index is 1.96. The fourth-order valence-corrected chi connectivity index (χ4v) is 4.63. The normalized spacial score (nSPS) is 21.3. The van der Waals surface area contributed by atoms with Crippen LogP contribution in [0.3, 0.4) is 0 Å². The molecule has 2 aliphatic heterocycles. The molecular weight excluding hydrogens is 482 g/mol. The van der Waals surface area contributed by atoms with Gasteiger partial charge in [-0.25, -0.2) is 4.39 Å². The second-order valence-corrected chi connectivity index (χ2v) is 8.41. The summed E-state index contributed by atoms with van der Waals surface area (Å²) in [5.74, 6) is -7.33. The minimum atomic E-state index is -5.09. The number of primary amides is 1. The van der Waals surface area contributed by atoms with Crippen molar-refractivity contribution in [1.82, 2.24) is 10.2 Å². The highest BCUT2D eigenvalue weighted by atomic mass is 35.5. The highest BCUT2D eigenvalue weighted by Gasteiger charge is 2.56. The summed E-state index contributed by atoms with van der Waals surface area (Å²) in [6.45, 7) is 0. The lowest BCUT2D eigenvalue weighted by molar-refractivity contribution is -0.167. The summed E-state index contributed by atoms with van der Waals surface area (Å²) in [5.41, 5.74) is 3.89. The number of imide groups is 1. The first kappa shape index (κ1) is 23.7. The van der Waals surface area contributed by atoms with E-state index in [0.717, 1.165) is 24.3 Å². The maximum Gasteiger partial charge on any atom is 0.398 e. The molecule has 1 saturated heterocycles. The molecule has 34 heavy (non-hydrogen) atoms. The number of halogens is 5. The standard InChI is InChI=1S/C22H16ClF4N3O4/c23-10-2-4-12(14(24)8-10)17(22(25,26)27)18-13-7-9(19(28)32)1-3-11(13)21(34)30(18)15-5-6-16(31)29-20(15)33/h1-4,7-8,15,17-18H,5-6H2,(H2,28,32)(H,29,31,33)/t15?,17-,18?/m1/s1. The Bertz CT molecular complexity index is 1230. The molecule has 0 aliphatic carbocycles. The fraction of sp³-hybridized carbons (Fsp3) is 0.273. The van der Waals surface area contributed by atoms with Crippen molar-refractivity contribution in [2.45, 2.75) is 37.0 Å².